The lowest BCUT2D eigenvalue weighted by molar-refractivity contribution is 0.373. The van der Waals surface area contributed by atoms with Gasteiger partial charge in [0.05, 0.1) is 5.75 Å². The molecule has 1 atom stereocenters. The van der Waals surface area contributed by atoms with Crippen LogP contribution >= 0.6 is 15.9 Å². The van der Waals surface area contributed by atoms with Gasteiger partial charge in [0.25, 0.3) is 0 Å². The number of alkyl halides is 1. The number of sulfonamides is 1. The summed E-state index contributed by atoms with van der Waals surface area (Å²) in [6.07, 6.45) is 1.65. The molecule has 1 unspecified atom stereocenters. The summed E-state index contributed by atoms with van der Waals surface area (Å²) < 4.78 is 26.0. The van der Waals surface area contributed by atoms with Crippen molar-refractivity contribution in [3.8, 4) is 0 Å². The van der Waals surface area contributed by atoms with Crippen molar-refractivity contribution in [2.45, 2.75) is 52.3 Å². The molecule has 0 saturated heterocycles. The Morgan fingerprint density at radius 3 is 2.18 bits per heavy atom. The lowest BCUT2D eigenvalue weighted by Crippen LogP contribution is -2.33. The van der Waals surface area contributed by atoms with Gasteiger partial charge < -0.3 is 0 Å². The van der Waals surface area contributed by atoms with Crippen LogP contribution in [0.4, 0.5) is 0 Å². The molecule has 0 amide bonds. The van der Waals surface area contributed by atoms with Gasteiger partial charge in [0.1, 0.15) is 0 Å². The largest absolute Gasteiger partial charge is 0.214 e. The van der Waals surface area contributed by atoms with Gasteiger partial charge >= 0.3 is 0 Å². The van der Waals surface area contributed by atoms with E-state index in [4.69, 9.17) is 0 Å². The quantitative estimate of drug-likeness (QED) is 0.730. The first-order valence-electron chi connectivity index (χ1n) is 6.13. The van der Waals surface area contributed by atoms with E-state index in [-0.39, 0.29) is 16.0 Å². The average Bonchev–Trinajstić information content (AvgIpc) is 2.09. The second-order valence-corrected chi connectivity index (χ2v) is 9.43. The first-order valence-corrected chi connectivity index (χ1v) is 8.70. The second-order valence-electron chi connectivity index (χ2n) is 6.21. The van der Waals surface area contributed by atoms with Gasteiger partial charge in [0.2, 0.25) is 10.0 Å². The van der Waals surface area contributed by atoms with Gasteiger partial charge in [-0.2, -0.15) is 0 Å². The first kappa shape index (κ1) is 17.4. The molecule has 0 bridgehead atoms. The number of nitrogens with one attached hydrogen (secondary N) is 1. The van der Waals surface area contributed by atoms with Gasteiger partial charge in [-0.05, 0) is 24.2 Å². The first-order chi connectivity index (χ1) is 7.52. The van der Waals surface area contributed by atoms with Crippen molar-refractivity contribution in [1.29, 1.82) is 0 Å². The summed E-state index contributed by atoms with van der Waals surface area (Å²) in [4.78, 5) is 0.191. The third-order valence-electron chi connectivity index (χ3n) is 2.32. The van der Waals surface area contributed by atoms with Crippen LogP contribution in [-0.4, -0.2) is 25.5 Å². The number of rotatable bonds is 7. The molecule has 0 heterocycles. The van der Waals surface area contributed by atoms with Crippen molar-refractivity contribution < 1.29 is 8.42 Å². The van der Waals surface area contributed by atoms with Crippen LogP contribution < -0.4 is 4.72 Å². The third-order valence-corrected chi connectivity index (χ3v) is 4.35. The maximum absolute atomic E-state index is 11.7. The standard InChI is InChI=1S/C12H26BrNO2S/c1-10(2)6-7-17(15,16)14-9-11(13)8-12(3,4)5/h10-11,14H,6-9H2,1-5H3. The van der Waals surface area contributed by atoms with Crippen LogP contribution in [0.3, 0.4) is 0 Å². The van der Waals surface area contributed by atoms with Crippen molar-refractivity contribution in [2.75, 3.05) is 12.3 Å². The van der Waals surface area contributed by atoms with Crippen molar-refractivity contribution in [3.05, 3.63) is 0 Å². The van der Waals surface area contributed by atoms with E-state index >= 15 is 0 Å². The molecule has 0 aromatic carbocycles. The molecule has 0 saturated carbocycles. The number of hydrogen-bond acceptors (Lipinski definition) is 2. The van der Waals surface area contributed by atoms with E-state index < -0.39 is 10.0 Å². The molecule has 0 fully saturated rings. The minimum absolute atomic E-state index is 0.191. The predicted octanol–water partition coefficient (Wildman–Crippen LogP) is 3.15. The van der Waals surface area contributed by atoms with Gasteiger partial charge in [0, 0.05) is 11.4 Å². The smallest absolute Gasteiger partial charge is 0.211 e. The van der Waals surface area contributed by atoms with Crippen molar-refractivity contribution >= 4 is 26.0 Å². The molecule has 0 spiro atoms. The third kappa shape index (κ3) is 11.2. The second kappa shape index (κ2) is 7.10. The van der Waals surface area contributed by atoms with Gasteiger partial charge in [-0.3, -0.25) is 0 Å². The monoisotopic (exact) mass is 327 g/mol. The molecular weight excluding hydrogens is 302 g/mol. The normalized spacial score (nSPS) is 15.2. The Balaban J connectivity index is 4.01. The topological polar surface area (TPSA) is 46.2 Å². The number of hydrogen-bond donors (Lipinski definition) is 1. The Labute approximate surface area is 115 Å². The zero-order valence-electron chi connectivity index (χ0n) is 11.6. The van der Waals surface area contributed by atoms with Crippen LogP contribution in [0.2, 0.25) is 0 Å². The van der Waals surface area contributed by atoms with E-state index in [0.29, 0.717) is 18.9 Å². The molecule has 1 N–H and O–H groups in total. The fourth-order valence-electron chi connectivity index (χ4n) is 1.42. The van der Waals surface area contributed by atoms with Crippen LogP contribution in [-0.2, 0) is 10.0 Å². The van der Waals surface area contributed by atoms with E-state index in [2.05, 4.69) is 41.4 Å². The van der Waals surface area contributed by atoms with Gasteiger partial charge in [-0.25, -0.2) is 13.1 Å². The average molecular weight is 328 g/mol. The summed E-state index contributed by atoms with van der Waals surface area (Å²) in [5.74, 6) is 0.640. The lowest BCUT2D eigenvalue weighted by atomic mass is 9.91. The van der Waals surface area contributed by atoms with Crippen LogP contribution in [0.1, 0.15) is 47.5 Å². The van der Waals surface area contributed by atoms with Crippen molar-refractivity contribution in [3.63, 3.8) is 0 Å². The van der Waals surface area contributed by atoms with E-state index in [1.54, 1.807) is 0 Å². The minimum atomic E-state index is -3.11. The van der Waals surface area contributed by atoms with Crippen molar-refractivity contribution in [2.24, 2.45) is 11.3 Å². The van der Waals surface area contributed by atoms with Gasteiger partial charge in [-0.1, -0.05) is 50.5 Å². The molecule has 0 aliphatic heterocycles. The highest BCUT2D eigenvalue weighted by Crippen LogP contribution is 2.24. The predicted molar refractivity (Wildman–Crippen MR) is 78.0 cm³/mol. The van der Waals surface area contributed by atoms with Crippen LogP contribution in [0.15, 0.2) is 0 Å². The fourth-order valence-corrected chi connectivity index (χ4v) is 4.15. The van der Waals surface area contributed by atoms with Crippen LogP contribution in [0, 0.1) is 11.3 Å². The number of halogens is 1. The Kier molecular flexibility index (Phi) is 7.26. The van der Waals surface area contributed by atoms with Crippen LogP contribution in [0.5, 0.6) is 0 Å². The van der Waals surface area contributed by atoms with E-state index in [1.807, 2.05) is 13.8 Å². The maximum atomic E-state index is 11.7. The molecule has 5 heteroatoms. The highest BCUT2D eigenvalue weighted by Gasteiger charge is 2.18. The molecular formula is C12H26BrNO2S. The Bertz CT molecular complexity index is 307. The molecule has 17 heavy (non-hydrogen) atoms. The highest BCUT2D eigenvalue weighted by atomic mass is 79.9. The van der Waals surface area contributed by atoms with Crippen LogP contribution in [0.25, 0.3) is 0 Å². The Morgan fingerprint density at radius 2 is 1.76 bits per heavy atom. The molecule has 0 aliphatic rings. The molecule has 0 rings (SSSR count). The zero-order chi connectivity index (χ0) is 13.7. The SMILES string of the molecule is CC(C)CCS(=O)(=O)NCC(Br)CC(C)(C)C. The summed E-state index contributed by atoms with van der Waals surface area (Å²) in [6, 6.07) is 0. The van der Waals surface area contributed by atoms with Gasteiger partial charge in [0.15, 0.2) is 0 Å². The Morgan fingerprint density at radius 1 is 1.24 bits per heavy atom. The minimum Gasteiger partial charge on any atom is -0.214 e. The van der Waals surface area contributed by atoms with E-state index in [0.717, 1.165) is 6.42 Å². The van der Waals surface area contributed by atoms with E-state index in [1.165, 1.54) is 0 Å². The summed E-state index contributed by atoms with van der Waals surface area (Å²) >= 11 is 3.52. The van der Waals surface area contributed by atoms with Gasteiger partial charge in [-0.15, -0.1) is 0 Å². The molecule has 0 aromatic rings. The summed E-state index contributed by atoms with van der Waals surface area (Å²) in [5.41, 5.74) is 0.206. The molecule has 0 radical (unpaired) electrons. The fraction of sp³-hybridized carbons (Fsp3) is 1.00. The molecule has 3 nitrogen and oxygen atoms in total. The summed E-state index contributed by atoms with van der Waals surface area (Å²) in [7, 11) is -3.11. The summed E-state index contributed by atoms with van der Waals surface area (Å²) in [5, 5.41) is 0. The van der Waals surface area contributed by atoms with E-state index in [9.17, 15) is 8.42 Å². The molecule has 104 valence electrons. The maximum Gasteiger partial charge on any atom is 0.211 e. The zero-order valence-corrected chi connectivity index (χ0v) is 14.0. The highest BCUT2D eigenvalue weighted by molar-refractivity contribution is 9.09. The Hall–Kier alpha value is 0.390. The molecule has 0 aliphatic carbocycles. The van der Waals surface area contributed by atoms with Crippen molar-refractivity contribution in [1.82, 2.24) is 4.72 Å². The molecule has 0 aromatic heterocycles. The summed E-state index contributed by atoms with van der Waals surface area (Å²) in [6.45, 7) is 11.0. The lowest BCUT2D eigenvalue weighted by Gasteiger charge is -2.22.